The van der Waals surface area contributed by atoms with E-state index in [0.717, 1.165) is 22.3 Å². The molecule has 0 N–H and O–H groups in total. The van der Waals surface area contributed by atoms with Crippen molar-refractivity contribution in [2.24, 2.45) is 0 Å². The number of methoxy groups -OCH3 is 1. The number of ether oxygens (including phenoxy) is 1. The summed E-state index contributed by atoms with van der Waals surface area (Å²) in [5.74, 6) is 0.832. The van der Waals surface area contributed by atoms with Crippen LogP contribution in [0.15, 0.2) is 22.7 Å². The van der Waals surface area contributed by atoms with Crippen LogP contribution in [0.4, 0.5) is 0 Å². The lowest BCUT2D eigenvalue weighted by atomic mass is 10.2. The van der Waals surface area contributed by atoms with Gasteiger partial charge in [0.05, 0.1) is 19.7 Å². The van der Waals surface area contributed by atoms with Crippen molar-refractivity contribution in [2.75, 3.05) is 20.7 Å². The molecule has 0 aliphatic carbocycles. The quantitative estimate of drug-likeness (QED) is 0.787. The van der Waals surface area contributed by atoms with E-state index >= 15 is 0 Å². The molecule has 0 bridgehead atoms. The van der Waals surface area contributed by atoms with E-state index in [4.69, 9.17) is 10.00 Å². The Labute approximate surface area is 98.4 Å². The van der Waals surface area contributed by atoms with E-state index in [1.54, 1.807) is 7.11 Å². The van der Waals surface area contributed by atoms with E-state index < -0.39 is 0 Å². The maximum Gasteiger partial charge on any atom is 0.119 e. The highest BCUT2D eigenvalue weighted by atomic mass is 79.9. The monoisotopic (exact) mass is 268 g/mol. The molecule has 0 amide bonds. The third kappa shape index (κ3) is 3.54. The Kier molecular flexibility index (Phi) is 4.60. The first-order valence-corrected chi connectivity index (χ1v) is 5.34. The highest BCUT2D eigenvalue weighted by Gasteiger charge is 2.05. The molecule has 80 valence electrons. The Morgan fingerprint density at radius 2 is 2.27 bits per heavy atom. The molecule has 0 aromatic heterocycles. The van der Waals surface area contributed by atoms with Gasteiger partial charge in [0.25, 0.3) is 0 Å². The highest BCUT2D eigenvalue weighted by Crippen LogP contribution is 2.23. The second kappa shape index (κ2) is 5.74. The van der Waals surface area contributed by atoms with Crippen LogP contribution in [0, 0.1) is 11.3 Å². The molecule has 15 heavy (non-hydrogen) atoms. The lowest BCUT2D eigenvalue weighted by Gasteiger charge is -2.14. The number of nitriles is 1. The molecule has 1 rings (SSSR count). The standard InChI is InChI=1S/C11H13BrN2O/c1-14(6-5-13)8-9-7-10(15-2)3-4-11(9)12/h3-4,7H,6,8H2,1-2H3. The van der Waals surface area contributed by atoms with E-state index in [9.17, 15) is 0 Å². The topological polar surface area (TPSA) is 36.3 Å². The zero-order chi connectivity index (χ0) is 11.3. The Balaban J connectivity index is 2.79. The van der Waals surface area contributed by atoms with Crippen LogP contribution in [-0.4, -0.2) is 25.6 Å². The van der Waals surface area contributed by atoms with E-state index in [2.05, 4.69) is 22.0 Å². The van der Waals surface area contributed by atoms with Gasteiger partial charge in [0, 0.05) is 11.0 Å². The van der Waals surface area contributed by atoms with Crippen LogP contribution in [0.25, 0.3) is 0 Å². The van der Waals surface area contributed by atoms with Gasteiger partial charge in [-0.1, -0.05) is 15.9 Å². The first kappa shape index (κ1) is 12.0. The predicted octanol–water partition coefficient (Wildman–Crippen LogP) is 2.41. The van der Waals surface area contributed by atoms with Crippen LogP contribution in [0.5, 0.6) is 5.75 Å². The third-order valence-corrected chi connectivity index (χ3v) is 2.81. The van der Waals surface area contributed by atoms with E-state index in [0.29, 0.717) is 6.54 Å². The summed E-state index contributed by atoms with van der Waals surface area (Å²) in [6.45, 7) is 1.15. The predicted molar refractivity (Wildman–Crippen MR) is 62.6 cm³/mol. The Morgan fingerprint density at radius 3 is 2.87 bits per heavy atom. The molecule has 0 atom stereocenters. The van der Waals surface area contributed by atoms with Gasteiger partial charge in [-0.2, -0.15) is 5.26 Å². The smallest absolute Gasteiger partial charge is 0.119 e. The summed E-state index contributed by atoms with van der Waals surface area (Å²) in [5, 5.41) is 8.56. The molecule has 0 unspecified atom stereocenters. The maximum absolute atomic E-state index is 8.56. The van der Waals surface area contributed by atoms with Crippen LogP contribution in [0.3, 0.4) is 0 Å². The Hall–Kier alpha value is -1.05. The minimum absolute atomic E-state index is 0.420. The number of rotatable bonds is 4. The molecule has 1 aromatic rings. The summed E-state index contributed by atoms with van der Waals surface area (Å²) in [5.41, 5.74) is 1.12. The van der Waals surface area contributed by atoms with Crippen LogP contribution in [0.2, 0.25) is 0 Å². The molecule has 3 nitrogen and oxygen atoms in total. The van der Waals surface area contributed by atoms with Gasteiger partial charge in [-0.25, -0.2) is 0 Å². The summed E-state index contributed by atoms with van der Waals surface area (Å²) in [6, 6.07) is 7.94. The zero-order valence-corrected chi connectivity index (χ0v) is 10.4. The van der Waals surface area contributed by atoms with Gasteiger partial charge in [0.1, 0.15) is 5.75 Å². The van der Waals surface area contributed by atoms with E-state index in [1.165, 1.54) is 0 Å². The zero-order valence-electron chi connectivity index (χ0n) is 8.83. The molecule has 0 aliphatic heterocycles. The van der Waals surface area contributed by atoms with E-state index in [1.807, 2.05) is 30.1 Å². The molecule has 0 aliphatic rings. The van der Waals surface area contributed by atoms with Gasteiger partial charge in [-0.15, -0.1) is 0 Å². The second-order valence-corrected chi connectivity index (χ2v) is 4.14. The van der Waals surface area contributed by atoms with Gasteiger partial charge >= 0.3 is 0 Å². The summed E-state index contributed by atoms with van der Waals surface area (Å²) in [6.07, 6.45) is 0. The summed E-state index contributed by atoms with van der Waals surface area (Å²) in [4.78, 5) is 1.94. The summed E-state index contributed by atoms with van der Waals surface area (Å²) < 4.78 is 6.18. The Bertz CT molecular complexity index is 373. The molecule has 0 saturated carbocycles. The number of nitrogens with zero attached hydrogens (tertiary/aromatic N) is 2. The number of benzene rings is 1. The molecule has 0 fully saturated rings. The Morgan fingerprint density at radius 1 is 1.53 bits per heavy atom. The van der Waals surface area contributed by atoms with Gasteiger partial charge in [-0.05, 0) is 30.8 Å². The lowest BCUT2D eigenvalue weighted by molar-refractivity contribution is 0.364. The summed E-state index contributed by atoms with van der Waals surface area (Å²) >= 11 is 3.47. The largest absolute Gasteiger partial charge is 0.497 e. The molecule has 0 saturated heterocycles. The van der Waals surface area contributed by atoms with Gasteiger partial charge < -0.3 is 4.74 Å². The van der Waals surface area contributed by atoms with Crippen molar-refractivity contribution in [3.8, 4) is 11.8 Å². The molecule has 0 heterocycles. The number of hydrogen-bond acceptors (Lipinski definition) is 3. The fourth-order valence-corrected chi connectivity index (χ4v) is 1.64. The van der Waals surface area contributed by atoms with Crippen molar-refractivity contribution >= 4 is 15.9 Å². The number of hydrogen-bond donors (Lipinski definition) is 0. The van der Waals surface area contributed by atoms with Gasteiger partial charge in [0.2, 0.25) is 0 Å². The van der Waals surface area contributed by atoms with Crippen molar-refractivity contribution in [1.82, 2.24) is 4.90 Å². The van der Waals surface area contributed by atoms with Crippen LogP contribution >= 0.6 is 15.9 Å². The fraction of sp³-hybridized carbons (Fsp3) is 0.364. The van der Waals surface area contributed by atoms with Crippen LogP contribution in [-0.2, 0) is 6.54 Å². The first-order valence-electron chi connectivity index (χ1n) is 4.55. The normalized spacial score (nSPS) is 10.1. The van der Waals surface area contributed by atoms with E-state index in [-0.39, 0.29) is 0 Å². The minimum atomic E-state index is 0.420. The van der Waals surface area contributed by atoms with Crippen molar-refractivity contribution in [2.45, 2.75) is 6.54 Å². The van der Waals surface area contributed by atoms with Crippen molar-refractivity contribution in [3.05, 3.63) is 28.2 Å². The average molecular weight is 269 g/mol. The highest BCUT2D eigenvalue weighted by molar-refractivity contribution is 9.10. The lowest BCUT2D eigenvalue weighted by Crippen LogP contribution is -2.18. The maximum atomic E-state index is 8.56. The summed E-state index contributed by atoms with van der Waals surface area (Å²) in [7, 11) is 3.56. The van der Waals surface area contributed by atoms with Gasteiger partial charge in [-0.3, -0.25) is 4.90 Å². The minimum Gasteiger partial charge on any atom is -0.497 e. The number of halogens is 1. The van der Waals surface area contributed by atoms with Crippen LogP contribution in [0.1, 0.15) is 5.56 Å². The molecule has 0 radical (unpaired) electrons. The molecule has 0 spiro atoms. The molecular formula is C11H13BrN2O. The van der Waals surface area contributed by atoms with Crippen molar-refractivity contribution < 1.29 is 4.74 Å². The fourth-order valence-electron chi connectivity index (χ4n) is 1.27. The average Bonchev–Trinajstić information content (AvgIpc) is 2.21. The molecular weight excluding hydrogens is 256 g/mol. The van der Waals surface area contributed by atoms with Crippen LogP contribution < -0.4 is 4.74 Å². The molecule has 1 aromatic carbocycles. The van der Waals surface area contributed by atoms with Crippen molar-refractivity contribution in [1.29, 1.82) is 5.26 Å². The van der Waals surface area contributed by atoms with Crippen molar-refractivity contribution in [3.63, 3.8) is 0 Å². The third-order valence-electron chi connectivity index (χ3n) is 2.03. The SMILES string of the molecule is COc1ccc(Br)c(CN(C)CC#N)c1. The first-order chi connectivity index (χ1) is 7.17. The molecule has 4 heteroatoms. The second-order valence-electron chi connectivity index (χ2n) is 3.29. The van der Waals surface area contributed by atoms with Gasteiger partial charge in [0.15, 0.2) is 0 Å².